The van der Waals surface area contributed by atoms with Crippen molar-refractivity contribution in [2.45, 2.75) is 46.2 Å². The van der Waals surface area contributed by atoms with E-state index >= 15 is 0 Å². The van der Waals surface area contributed by atoms with Gasteiger partial charge in [0.25, 0.3) is 0 Å². The minimum atomic E-state index is -0.539. The molecule has 0 saturated heterocycles. The maximum absolute atomic E-state index is 12.8. The van der Waals surface area contributed by atoms with E-state index in [2.05, 4.69) is 5.32 Å². The summed E-state index contributed by atoms with van der Waals surface area (Å²) in [6.45, 7) is 7.71. The fourth-order valence-electron chi connectivity index (χ4n) is 1.75. The van der Waals surface area contributed by atoms with E-state index in [4.69, 9.17) is 5.73 Å². The molecule has 0 aliphatic carbocycles. The number of hydrogen-bond donors (Lipinski definition) is 2. The molecule has 2 atom stereocenters. The van der Waals surface area contributed by atoms with Gasteiger partial charge in [0.05, 0.1) is 6.04 Å². The Labute approximate surface area is 114 Å². The highest BCUT2D eigenvalue weighted by Crippen LogP contribution is 2.17. The van der Waals surface area contributed by atoms with Crippen LogP contribution in [0.5, 0.6) is 0 Å². The van der Waals surface area contributed by atoms with Gasteiger partial charge in [0.15, 0.2) is 0 Å². The number of hydrogen-bond acceptors (Lipinski definition) is 2. The van der Waals surface area contributed by atoms with E-state index in [1.54, 1.807) is 12.1 Å². The fraction of sp³-hybridized carbons (Fsp3) is 0.533. The molecule has 0 aliphatic rings. The number of nitrogens with one attached hydrogen (secondary N) is 1. The van der Waals surface area contributed by atoms with Crippen LogP contribution in [0.4, 0.5) is 4.39 Å². The molecule has 4 heteroatoms. The first-order valence-electron chi connectivity index (χ1n) is 6.50. The third-order valence-electron chi connectivity index (χ3n) is 3.06. The molecular formula is C15H23FN2O. The topological polar surface area (TPSA) is 55.1 Å². The Morgan fingerprint density at radius 2 is 1.84 bits per heavy atom. The van der Waals surface area contributed by atoms with Gasteiger partial charge in [-0.15, -0.1) is 0 Å². The maximum atomic E-state index is 12.8. The van der Waals surface area contributed by atoms with Gasteiger partial charge >= 0.3 is 0 Å². The van der Waals surface area contributed by atoms with Gasteiger partial charge in [0.2, 0.25) is 5.91 Å². The lowest BCUT2D eigenvalue weighted by molar-refractivity contribution is -0.125. The molecule has 1 aromatic rings. The molecule has 1 amide bonds. The lowest BCUT2D eigenvalue weighted by Crippen LogP contribution is -2.51. The predicted octanol–water partition coefficient (Wildman–Crippen LogP) is 2.25. The maximum Gasteiger partial charge on any atom is 0.237 e. The first-order valence-corrected chi connectivity index (χ1v) is 6.50. The van der Waals surface area contributed by atoms with Gasteiger partial charge in [-0.25, -0.2) is 4.39 Å². The van der Waals surface area contributed by atoms with E-state index in [0.717, 1.165) is 5.56 Å². The third-order valence-corrected chi connectivity index (χ3v) is 3.06. The lowest BCUT2D eigenvalue weighted by Gasteiger charge is -2.27. The largest absolute Gasteiger partial charge is 0.352 e. The zero-order valence-corrected chi connectivity index (χ0v) is 12.0. The molecule has 0 aromatic heterocycles. The monoisotopic (exact) mass is 266 g/mol. The molecule has 1 unspecified atom stereocenters. The standard InChI is InChI=1S/C15H23FN2O/c1-10(9-11-5-7-12(16)8-6-11)18-14(19)13(17)15(2,3)4/h5-8,10,13H,9,17H2,1-4H3,(H,18,19)/t10?,13-/m1/s1. The summed E-state index contributed by atoms with van der Waals surface area (Å²) >= 11 is 0. The first kappa shape index (κ1) is 15.6. The highest BCUT2D eigenvalue weighted by atomic mass is 19.1. The molecule has 3 nitrogen and oxygen atoms in total. The summed E-state index contributed by atoms with van der Waals surface area (Å²) in [4.78, 5) is 11.9. The average Bonchev–Trinajstić information content (AvgIpc) is 2.29. The van der Waals surface area contributed by atoms with Crippen LogP contribution in [-0.4, -0.2) is 18.0 Å². The van der Waals surface area contributed by atoms with Crippen LogP contribution in [0.25, 0.3) is 0 Å². The zero-order valence-electron chi connectivity index (χ0n) is 12.0. The minimum absolute atomic E-state index is 0.0358. The van der Waals surface area contributed by atoms with Crippen molar-refractivity contribution < 1.29 is 9.18 Å². The van der Waals surface area contributed by atoms with Gasteiger partial charge in [0.1, 0.15) is 5.82 Å². The van der Waals surface area contributed by atoms with Crippen LogP contribution in [0, 0.1) is 11.2 Å². The molecule has 0 fully saturated rings. The van der Waals surface area contributed by atoms with Crippen LogP contribution in [0.15, 0.2) is 24.3 Å². The SMILES string of the molecule is CC(Cc1ccc(F)cc1)NC(=O)[C@@H](N)C(C)(C)C. The number of carbonyl (C=O) groups is 1. The van der Waals surface area contributed by atoms with Crippen LogP contribution in [0.2, 0.25) is 0 Å². The normalized spacial score (nSPS) is 14.8. The second-order valence-electron chi connectivity index (χ2n) is 6.08. The molecule has 0 radical (unpaired) electrons. The van der Waals surface area contributed by atoms with Crippen LogP contribution in [0.1, 0.15) is 33.3 Å². The first-order chi connectivity index (χ1) is 8.70. The number of nitrogens with two attached hydrogens (primary N) is 1. The zero-order chi connectivity index (χ0) is 14.6. The van der Waals surface area contributed by atoms with Crippen LogP contribution in [-0.2, 0) is 11.2 Å². The van der Waals surface area contributed by atoms with E-state index in [1.165, 1.54) is 12.1 Å². The van der Waals surface area contributed by atoms with Gasteiger partial charge < -0.3 is 11.1 Å². The van der Waals surface area contributed by atoms with Crippen LogP contribution >= 0.6 is 0 Å². The van der Waals surface area contributed by atoms with E-state index in [-0.39, 0.29) is 23.2 Å². The van der Waals surface area contributed by atoms with E-state index in [0.29, 0.717) is 6.42 Å². The summed E-state index contributed by atoms with van der Waals surface area (Å²) in [6.07, 6.45) is 0.656. The molecule has 0 aliphatic heterocycles. The van der Waals surface area contributed by atoms with Crippen molar-refractivity contribution in [2.24, 2.45) is 11.1 Å². The number of carbonyl (C=O) groups excluding carboxylic acids is 1. The Morgan fingerprint density at radius 1 is 1.32 bits per heavy atom. The van der Waals surface area contributed by atoms with Gasteiger partial charge in [-0.3, -0.25) is 4.79 Å². The average molecular weight is 266 g/mol. The van der Waals surface area contributed by atoms with Gasteiger partial charge in [-0.1, -0.05) is 32.9 Å². The number of amides is 1. The summed E-state index contributed by atoms with van der Waals surface area (Å²) < 4.78 is 12.8. The molecule has 0 bridgehead atoms. The van der Waals surface area contributed by atoms with Crippen molar-refractivity contribution in [3.63, 3.8) is 0 Å². The van der Waals surface area contributed by atoms with Crippen molar-refractivity contribution in [2.75, 3.05) is 0 Å². The van der Waals surface area contributed by atoms with Crippen molar-refractivity contribution >= 4 is 5.91 Å². The number of halogens is 1. The quantitative estimate of drug-likeness (QED) is 0.878. The highest BCUT2D eigenvalue weighted by Gasteiger charge is 2.28. The molecular weight excluding hydrogens is 243 g/mol. The van der Waals surface area contributed by atoms with Crippen LogP contribution < -0.4 is 11.1 Å². The Morgan fingerprint density at radius 3 is 2.32 bits per heavy atom. The molecule has 0 saturated carbocycles. The molecule has 0 heterocycles. The Kier molecular flexibility index (Phi) is 5.06. The van der Waals surface area contributed by atoms with E-state index in [9.17, 15) is 9.18 Å². The summed E-state index contributed by atoms with van der Waals surface area (Å²) in [6, 6.07) is 5.72. The molecule has 0 spiro atoms. The molecule has 106 valence electrons. The van der Waals surface area contributed by atoms with Crippen LogP contribution in [0.3, 0.4) is 0 Å². The smallest absolute Gasteiger partial charge is 0.237 e. The van der Waals surface area contributed by atoms with E-state index < -0.39 is 6.04 Å². The highest BCUT2D eigenvalue weighted by molar-refractivity contribution is 5.82. The van der Waals surface area contributed by atoms with Crippen molar-refractivity contribution in [3.05, 3.63) is 35.6 Å². The summed E-state index contributed by atoms with van der Waals surface area (Å²) in [5.41, 5.74) is 6.61. The van der Waals surface area contributed by atoms with Crippen molar-refractivity contribution in [1.82, 2.24) is 5.32 Å². The third kappa shape index (κ3) is 4.99. The number of benzene rings is 1. The summed E-state index contributed by atoms with van der Waals surface area (Å²) in [5.74, 6) is -0.405. The summed E-state index contributed by atoms with van der Waals surface area (Å²) in [5, 5.41) is 2.89. The summed E-state index contributed by atoms with van der Waals surface area (Å²) in [7, 11) is 0. The van der Waals surface area contributed by atoms with Gasteiger partial charge in [0, 0.05) is 6.04 Å². The van der Waals surface area contributed by atoms with E-state index in [1.807, 2.05) is 27.7 Å². The van der Waals surface area contributed by atoms with Crippen molar-refractivity contribution in [3.8, 4) is 0 Å². The lowest BCUT2D eigenvalue weighted by atomic mass is 9.87. The van der Waals surface area contributed by atoms with Gasteiger partial charge in [-0.2, -0.15) is 0 Å². The fourth-order valence-corrected chi connectivity index (χ4v) is 1.75. The molecule has 3 N–H and O–H groups in total. The molecule has 1 aromatic carbocycles. The van der Waals surface area contributed by atoms with Crippen molar-refractivity contribution in [1.29, 1.82) is 0 Å². The Hall–Kier alpha value is -1.42. The second kappa shape index (κ2) is 6.15. The Balaban J connectivity index is 2.53. The Bertz CT molecular complexity index is 423. The molecule has 1 rings (SSSR count). The predicted molar refractivity (Wildman–Crippen MR) is 75.1 cm³/mol. The van der Waals surface area contributed by atoms with Gasteiger partial charge in [-0.05, 0) is 36.5 Å². The molecule has 19 heavy (non-hydrogen) atoms. The second-order valence-corrected chi connectivity index (χ2v) is 6.08. The minimum Gasteiger partial charge on any atom is -0.352 e. The number of rotatable bonds is 4.